The summed E-state index contributed by atoms with van der Waals surface area (Å²) in [5.41, 5.74) is 3.29. The smallest absolute Gasteiger partial charge is 0.137 e. The van der Waals surface area contributed by atoms with Crippen LogP contribution in [0.2, 0.25) is 0 Å². The Balaban J connectivity index is 2.16. The molecule has 0 bridgehead atoms. The van der Waals surface area contributed by atoms with Gasteiger partial charge in [-0.25, -0.2) is 13.8 Å². The number of aryl methyl sites for hydroxylation is 2. The third-order valence-corrected chi connectivity index (χ3v) is 4.39. The molecule has 0 fully saturated rings. The van der Waals surface area contributed by atoms with Crippen LogP contribution in [0.5, 0.6) is 0 Å². The second-order valence-corrected chi connectivity index (χ2v) is 6.83. The highest BCUT2D eigenvalue weighted by Crippen LogP contribution is 2.31. The molecule has 0 N–H and O–H groups in total. The number of benzene rings is 1. The number of halogens is 2. The van der Waals surface area contributed by atoms with E-state index < -0.39 is 11.6 Å². The molecule has 26 heavy (non-hydrogen) atoms. The molecule has 5 heteroatoms. The molecule has 1 atom stereocenters. The highest BCUT2D eigenvalue weighted by atomic mass is 19.1. The number of nitrogens with zero attached hydrogens (tertiary/aromatic N) is 2. The second-order valence-electron chi connectivity index (χ2n) is 6.83. The molecule has 0 aliphatic carbocycles. The molecular weight excluding hydrogens is 334 g/mol. The number of hydrogen-bond acceptors (Lipinski definition) is 2. The van der Waals surface area contributed by atoms with Crippen LogP contribution in [0.1, 0.15) is 37.1 Å². The first-order chi connectivity index (χ1) is 12.4. The number of imidazole rings is 1. The minimum absolute atomic E-state index is 0.0744. The van der Waals surface area contributed by atoms with E-state index in [1.807, 2.05) is 43.5 Å². The zero-order valence-electron chi connectivity index (χ0n) is 15.6. The van der Waals surface area contributed by atoms with Gasteiger partial charge >= 0.3 is 0 Å². The first-order valence-corrected chi connectivity index (χ1v) is 8.96. The lowest BCUT2D eigenvalue weighted by Gasteiger charge is -2.14. The van der Waals surface area contributed by atoms with Crippen LogP contribution in [-0.2, 0) is 11.2 Å². The number of fused-ring (bicyclic) bond motifs is 1. The Bertz CT molecular complexity index is 910. The van der Waals surface area contributed by atoms with Crippen molar-refractivity contribution >= 4 is 5.65 Å². The monoisotopic (exact) mass is 358 g/mol. The fourth-order valence-electron chi connectivity index (χ4n) is 3.17. The molecule has 0 spiro atoms. The lowest BCUT2D eigenvalue weighted by molar-refractivity contribution is 0.0662. The van der Waals surface area contributed by atoms with Gasteiger partial charge in [0, 0.05) is 19.2 Å². The summed E-state index contributed by atoms with van der Waals surface area (Å²) in [6, 6.07) is 6.55. The zero-order chi connectivity index (χ0) is 18.8. The van der Waals surface area contributed by atoms with E-state index in [2.05, 4.69) is 4.98 Å². The Morgan fingerprint density at radius 3 is 2.46 bits per heavy atom. The maximum absolute atomic E-state index is 14.6. The lowest BCUT2D eigenvalue weighted by Crippen LogP contribution is -2.14. The lowest BCUT2D eigenvalue weighted by atomic mass is 10.0. The summed E-state index contributed by atoms with van der Waals surface area (Å²) in [6.45, 7) is 8.30. The first-order valence-electron chi connectivity index (χ1n) is 8.96. The second kappa shape index (κ2) is 7.54. The highest BCUT2D eigenvalue weighted by Gasteiger charge is 2.22. The summed E-state index contributed by atoms with van der Waals surface area (Å²) in [5, 5.41) is 0. The maximum atomic E-state index is 14.6. The van der Waals surface area contributed by atoms with E-state index in [4.69, 9.17) is 4.74 Å². The third-order valence-electron chi connectivity index (χ3n) is 4.39. The van der Waals surface area contributed by atoms with Crippen molar-refractivity contribution in [3.8, 4) is 11.3 Å². The predicted molar refractivity (Wildman–Crippen MR) is 99.4 cm³/mol. The van der Waals surface area contributed by atoms with Gasteiger partial charge in [0.2, 0.25) is 0 Å². The fraction of sp³-hybridized carbons (Fsp3) is 0.381. The van der Waals surface area contributed by atoms with Gasteiger partial charge in [0.05, 0.1) is 23.1 Å². The molecule has 0 saturated carbocycles. The first kappa shape index (κ1) is 18.5. The van der Waals surface area contributed by atoms with Crippen LogP contribution >= 0.6 is 0 Å². The van der Waals surface area contributed by atoms with Crippen LogP contribution in [-0.4, -0.2) is 22.1 Å². The number of ether oxygens (including phenoxy) is 1. The van der Waals surface area contributed by atoms with E-state index in [0.29, 0.717) is 29.9 Å². The molecule has 2 heterocycles. The summed E-state index contributed by atoms with van der Waals surface area (Å²) in [7, 11) is 0. The standard InChI is InChI=1S/C21H24F2N2O/c1-5-8-26-15(4)12-18-21(20-16(22)9-14(3)10-17(20)23)24-19-11-13(2)6-7-25(18)19/h6-7,9-11,15H,5,8,12H2,1-4H3. The fourth-order valence-corrected chi connectivity index (χ4v) is 3.17. The van der Waals surface area contributed by atoms with Crippen LogP contribution in [0.15, 0.2) is 30.5 Å². The molecule has 1 aromatic carbocycles. The van der Waals surface area contributed by atoms with Gasteiger partial charge in [-0.2, -0.15) is 0 Å². The van der Waals surface area contributed by atoms with Gasteiger partial charge in [-0.3, -0.25) is 0 Å². The number of rotatable bonds is 6. The minimum Gasteiger partial charge on any atom is -0.378 e. The Morgan fingerprint density at radius 2 is 1.81 bits per heavy atom. The van der Waals surface area contributed by atoms with Gasteiger partial charge in [0.1, 0.15) is 17.3 Å². The SMILES string of the molecule is CCCOC(C)Cc1c(-c2c(F)cc(C)cc2F)nc2cc(C)ccn12. The van der Waals surface area contributed by atoms with Crippen molar-refractivity contribution in [3.05, 3.63) is 58.9 Å². The average Bonchev–Trinajstić information content (AvgIpc) is 2.89. The van der Waals surface area contributed by atoms with Crippen LogP contribution in [0.4, 0.5) is 8.78 Å². The Kier molecular flexibility index (Phi) is 5.37. The van der Waals surface area contributed by atoms with Crippen molar-refractivity contribution in [1.82, 2.24) is 9.38 Å². The molecule has 0 saturated heterocycles. The van der Waals surface area contributed by atoms with Crippen LogP contribution < -0.4 is 0 Å². The normalized spacial score (nSPS) is 12.7. The molecule has 0 amide bonds. The van der Waals surface area contributed by atoms with E-state index in [-0.39, 0.29) is 11.7 Å². The van der Waals surface area contributed by atoms with Crippen molar-refractivity contribution in [3.63, 3.8) is 0 Å². The summed E-state index contributed by atoms with van der Waals surface area (Å²) in [4.78, 5) is 4.56. The van der Waals surface area contributed by atoms with Crippen molar-refractivity contribution in [2.45, 2.75) is 46.6 Å². The van der Waals surface area contributed by atoms with Crippen molar-refractivity contribution < 1.29 is 13.5 Å². The topological polar surface area (TPSA) is 26.5 Å². The number of pyridine rings is 1. The van der Waals surface area contributed by atoms with Crippen LogP contribution in [0.3, 0.4) is 0 Å². The molecular formula is C21H24F2N2O. The molecule has 0 aliphatic rings. The summed E-state index contributed by atoms with van der Waals surface area (Å²) in [5.74, 6) is -1.18. The maximum Gasteiger partial charge on any atom is 0.137 e. The van der Waals surface area contributed by atoms with Gasteiger partial charge in [-0.05, 0) is 62.6 Å². The van der Waals surface area contributed by atoms with E-state index in [1.165, 1.54) is 12.1 Å². The predicted octanol–water partition coefficient (Wildman–Crippen LogP) is 5.25. The molecule has 3 nitrogen and oxygen atoms in total. The third kappa shape index (κ3) is 3.63. The molecule has 3 rings (SSSR count). The molecule has 3 aromatic rings. The molecule has 1 unspecified atom stereocenters. The Labute approximate surface area is 152 Å². The van der Waals surface area contributed by atoms with Crippen molar-refractivity contribution in [1.29, 1.82) is 0 Å². The van der Waals surface area contributed by atoms with E-state index in [9.17, 15) is 8.78 Å². The van der Waals surface area contributed by atoms with Gasteiger partial charge < -0.3 is 9.14 Å². The Hall–Kier alpha value is -2.27. The summed E-state index contributed by atoms with van der Waals surface area (Å²) in [6.07, 6.45) is 3.26. The van der Waals surface area contributed by atoms with Gasteiger partial charge in [0.15, 0.2) is 0 Å². The van der Waals surface area contributed by atoms with Crippen molar-refractivity contribution in [2.75, 3.05) is 6.61 Å². The average molecular weight is 358 g/mol. The summed E-state index contributed by atoms with van der Waals surface area (Å²) >= 11 is 0. The van der Waals surface area contributed by atoms with Crippen molar-refractivity contribution in [2.24, 2.45) is 0 Å². The van der Waals surface area contributed by atoms with Gasteiger partial charge in [-0.15, -0.1) is 0 Å². The van der Waals surface area contributed by atoms with E-state index in [1.54, 1.807) is 6.92 Å². The number of aromatic nitrogens is 2. The largest absolute Gasteiger partial charge is 0.378 e. The minimum atomic E-state index is -0.592. The Morgan fingerprint density at radius 1 is 1.12 bits per heavy atom. The number of hydrogen-bond donors (Lipinski definition) is 0. The van der Waals surface area contributed by atoms with Gasteiger partial charge in [-0.1, -0.05) is 6.92 Å². The quantitative estimate of drug-likeness (QED) is 0.601. The van der Waals surface area contributed by atoms with E-state index >= 15 is 0 Å². The molecule has 0 radical (unpaired) electrons. The van der Waals surface area contributed by atoms with Gasteiger partial charge in [0.25, 0.3) is 0 Å². The summed E-state index contributed by atoms with van der Waals surface area (Å²) < 4.78 is 36.9. The van der Waals surface area contributed by atoms with Crippen LogP contribution in [0, 0.1) is 25.5 Å². The van der Waals surface area contributed by atoms with E-state index in [0.717, 1.165) is 17.7 Å². The van der Waals surface area contributed by atoms with Crippen LogP contribution in [0.25, 0.3) is 16.9 Å². The molecule has 0 aliphatic heterocycles. The highest BCUT2D eigenvalue weighted by molar-refractivity contribution is 5.68. The molecule has 2 aromatic heterocycles. The molecule has 138 valence electrons. The zero-order valence-corrected chi connectivity index (χ0v) is 15.6.